The van der Waals surface area contributed by atoms with E-state index in [1.165, 1.54) is 11.3 Å². The monoisotopic (exact) mass is 490 g/mol. The van der Waals surface area contributed by atoms with Gasteiger partial charge in [0.05, 0.1) is 16.9 Å². The van der Waals surface area contributed by atoms with Gasteiger partial charge >= 0.3 is 0 Å². The van der Waals surface area contributed by atoms with Crippen LogP contribution in [0.4, 0.5) is 0 Å². The summed E-state index contributed by atoms with van der Waals surface area (Å²) in [6.07, 6.45) is 9.20. The summed E-state index contributed by atoms with van der Waals surface area (Å²) in [7, 11) is 2.02. The second kappa shape index (κ2) is 10.2. The highest BCUT2D eigenvalue weighted by molar-refractivity contribution is 7.21. The summed E-state index contributed by atoms with van der Waals surface area (Å²) in [6, 6.07) is 16.9. The molecule has 7 heteroatoms. The van der Waals surface area contributed by atoms with Crippen molar-refractivity contribution in [2.75, 3.05) is 7.05 Å². The van der Waals surface area contributed by atoms with Crippen molar-refractivity contribution in [1.82, 2.24) is 20.2 Å². The Morgan fingerprint density at radius 3 is 2.68 bits per heavy atom. The van der Waals surface area contributed by atoms with Crippen LogP contribution in [0.3, 0.4) is 0 Å². The van der Waals surface area contributed by atoms with E-state index in [0.717, 1.165) is 52.6 Å². The molecule has 0 spiro atoms. The highest BCUT2D eigenvalue weighted by Gasteiger charge is 2.31. The van der Waals surface area contributed by atoms with E-state index in [4.69, 9.17) is 11.6 Å². The molecule has 0 saturated heterocycles. The van der Waals surface area contributed by atoms with Crippen molar-refractivity contribution in [3.8, 4) is 11.3 Å². The van der Waals surface area contributed by atoms with Gasteiger partial charge in [0.25, 0.3) is 5.91 Å². The fourth-order valence-corrected chi connectivity index (χ4v) is 6.27. The van der Waals surface area contributed by atoms with E-state index in [-0.39, 0.29) is 11.9 Å². The molecule has 0 atom stereocenters. The van der Waals surface area contributed by atoms with Gasteiger partial charge in [-0.3, -0.25) is 14.8 Å². The van der Waals surface area contributed by atoms with Gasteiger partial charge in [-0.2, -0.15) is 0 Å². The second-order valence-electron chi connectivity index (χ2n) is 8.76. The third-order valence-electron chi connectivity index (χ3n) is 6.67. The van der Waals surface area contributed by atoms with Gasteiger partial charge in [-0.05, 0) is 50.4 Å². The van der Waals surface area contributed by atoms with Crippen LogP contribution in [0.2, 0.25) is 5.02 Å². The number of hydrogen-bond donors (Lipinski definition) is 1. The van der Waals surface area contributed by atoms with Crippen LogP contribution in [0.5, 0.6) is 0 Å². The van der Waals surface area contributed by atoms with Crippen LogP contribution >= 0.6 is 22.9 Å². The number of halogens is 1. The number of nitrogens with zero attached hydrogens (tertiary/aromatic N) is 3. The van der Waals surface area contributed by atoms with Gasteiger partial charge in [0, 0.05) is 46.7 Å². The molecule has 1 amide bonds. The smallest absolute Gasteiger partial charge is 0.266 e. The largest absolute Gasteiger partial charge is 0.331 e. The number of carbonyl (C=O) groups is 1. The highest BCUT2D eigenvalue weighted by Crippen LogP contribution is 2.37. The number of benzene rings is 2. The minimum atomic E-state index is 0.0176. The molecule has 1 fully saturated rings. The minimum Gasteiger partial charge on any atom is -0.331 e. The Labute approximate surface area is 208 Å². The number of aromatic nitrogens is 2. The maximum absolute atomic E-state index is 14.0. The summed E-state index contributed by atoms with van der Waals surface area (Å²) in [5.41, 5.74) is 2.89. The number of amides is 1. The molecular formula is C27H27ClN4OS. The average molecular weight is 491 g/mol. The van der Waals surface area contributed by atoms with Crippen LogP contribution in [-0.2, 0) is 6.54 Å². The number of carbonyl (C=O) groups excluding carboxylic acids is 1. The van der Waals surface area contributed by atoms with Crippen molar-refractivity contribution in [3.63, 3.8) is 0 Å². The van der Waals surface area contributed by atoms with Gasteiger partial charge in [0.15, 0.2) is 0 Å². The number of fused-ring (bicyclic) bond motifs is 1. The number of hydrogen-bond acceptors (Lipinski definition) is 5. The van der Waals surface area contributed by atoms with Gasteiger partial charge in [0.2, 0.25) is 0 Å². The van der Waals surface area contributed by atoms with Crippen LogP contribution in [-0.4, -0.2) is 39.9 Å². The molecule has 1 saturated carbocycles. The lowest BCUT2D eigenvalue weighted by Crippen LogP contribution is -2.44. The van der Waals surface area contributed by atoms with Gasteiger partial charge in [0.1, 0.15) is 4.88 Å². The molecule has 2 aromatic heterocycles. The zero-order chi connectivity index (χ0) is 23.5. The molecule has 0 bridgehead atoms. The summed E-state index contributed by atoms with van der Waals surface area (Å²) in [5.74, 6) is 0.0176. The van der Waals surface area contributed by atoms with Gasteiger partial charge in [-0.25, -0.2) is 0 Å². The Morgan fingerprint density at radius 1 is 1.12 bits per heavy atom. The molecule has 1 aliphatic carbocycles. The summed E-state index contributed by atoms with van der Waals surface area (Å²) in [5, 5.41) is 4.90. The third kappa shape index (κ3) is 4.71. The summed E-state index contributed by atoms with van der Waals surface area (Å²) in [4.78, 5) is 25.2. The minimum absolute atomic E-state index is 0.0176. The van der Waals surface area contributed by atoms with Crippen molar-refractivity contribution in [1.29, 1.82) is 0 Å². The first-order valence-corrected chi connectivity index (χ1v) is 12.8. The normalized spacial score (nSPS) is 18.2. The molecule has 0 unspecified atom stereocenters. The van der Waals surface area contributed by atoms with Crippen molar-refractivity contribution >= 4 is 38.9 Å². The van der Waals surface area contributed by atoms with Gasteiger partial charge in [-0.1, -0.05) is 48.0 Å². The predicted octanol–water partition coefficient (Wildman–Crippen LogP) is 6.18. The fourth-order valence-electron chi connectivity index (χ4n) is 4.80. The summed E-state index contributed by atoms with van der Waals surface area (Å²) < 4.78 is 1.04. The standard InChI is InChI=1S/C27H27ClN4OS/c1-29-20-9-11-21(12-10-20)32(27(33)26-25(28)22-7-2-3-8-24(22)34-26)17-18-5-4-6-19(15-18)23-16-30-13-14-31-23/h2-8,13-16,20-21,29H,9-12,17H2,1H3/t20-,21+. The van der Waals surface area contributed by atoms with E-state index in [2.05, 4.69) is 27.4 Å². The Morgan fingerprint density at radius 2 is 1.94 bits per heavy atom. The summed E-state index contributed by atoms with van der Waals surface area (Å²) in [6.45, 7) is 0.534. The van der Waals surface area contributed by atoms with Crippen molar-refractivity contribution in [2.45, 2.75) is 44.3 Å². The third-order valence-corrected chi connectivity index (χ3v) is 8.34. The molecular weight excluding hydrogens is 464 g/mol. The number of thiophene rings is 1. The predicted molar refractivity (Wildman–Crippen MR) is 139 cm³/mol. The molecule has 1 aliphatic rings. The highest BCUT2D eigenvalue weighted by atomic mass is 35.5. The SMILES string of the molecule is CN[C@H]1CC[C@@H](N(Cc2cccc(-c3cnccn3)c2)C(=O)c2sc3ccccc3c2Cl)CC1. The Hall–Kier alpha value is -2.80. The molecule has 5 nitrogen and oxygen atoms in total. The first-order chi connectivity index (χ1) is 16.6. The van der Waals surface area contributed by atoms with Crippen molar-refractivity contribution in [3.05, 3.63) is 82.6 Å². The van der Waals surface area contributed by atoms with Crippen LogP contribution < -0.4 is 5.32 Å². The van der Waals surface area contributed by atoms with E-state index >= 15 is 0 Å². The van der Waals surface area contributed by atoms with Crippen molar-refractivity contribution < 1.29 is 4.79 Å². The Balaban J connectivity index is 1.47. The molecule has 5 rings (SSSR count). The Kier molecular flexibility index (Phi) is 6.90. The lowest BCUT2D eigenvalue weighted by Gasteiger charge is -2.37. The van der Waals surface area contributed by atoms with Gasteiger partial charge < -0.3 is 10.2 Å². The van der Waals surface area contributed by atoms with E-state index in [0.29, 0.717) is 22.5 Å². The molecule has 174 valence electrons. The van der Waals surface area contributed by atoms with E-state index < -0.39 is 0 Å². The van der Waals surface area contributed by atoms with Crippen LogP contribution in [0.1, 0.15) is 40.9 Å². The topological polar surface area (TPSA) is 58.1 Å². The summed E-state index contributed by atoms with van der Waals surface area (Å²) >= 11 is 8.21. The zero-order valence-electron chi connectivity index (χ0n) is 19.1. The molecule has 1 N–H and O–H groups in total. The lowest BCUT2D eigenvalue weighted by atomic mass is 9.89. The average Bonchev–Trinajstić information content (AvgIpc) is 3.24. The molecule has 2 aromatic carbocycles. The fraction of sp³-hybridized carbons (Fsp3) is 0.296. The molecule has 4 aromatic rings. The van der Waals surface area contributed by atoms with Crippen LogP contribution in [0.25, 0.3) is 21.3 Å². The Bertz CT molecular complexity index is 1280. The van der Waals surface area contributed by atoms with E-state index in [9.17, 15) is 4.79 Å². The van der Waals surface area contributed by atoms with Crippen LogP contribution in [0.15, 0.2) is 67.1 Å². The maximum Gasteiger partial charge on any atom is 0.266 e. The maximum atomic E-state index is 14.0. The van der Waals surface area contributed by atoms with Crippen LogP contribution in [0, 0.1) is 0 Å². The van der Waals surface area contributed by atoms with Crippen molar-refractivity contribution in [2.24, 2.45) is 0 Å². The number of nitrogens with one attached hydrogen (secondary N) is 1. The van der Waals surface area contributed by atoms with E-state index in [1.807, 2.05) is 48.3 Å². The molecule has 34 heavy (non-hydrogen) atoms. The first-order valence-electron chi connectivity index (χ1n) is 11.6. The lowest BCUT2D eigenvalue weighted by molar-refractivity contribution is 0.0606. The number of rotatable bonds is 6. The molecule has 0 radical (unpaired) electrons. The quantitative estimate of drug-likeness (QED) is 0.350. The molecule has 0 aliphatic heterocycles. The zero-order valence-corrected chi connectivity index (χ0v) is 20.6. The second-order valence-corrected chi connectivity index (χ2v) is 10.2. The first kappa shape index (κ1) is 23.0. The molecule has 2 heterocycles. The van der Waals surface area contributed by atoms with E-state index in [1.54, 1.807) is 18.6 Å². The van der Waals surface area contributed by atoms with Gasteiger partial charge in [-0.15, -0.1) is 11.3 Å².